The predicted molar refractivity (Wildman–Crippen MR) is 33.7 cm³/mol. The average molecular weight is 173 g/mol. The van der Waals surface area contributed by atoms with Gasteiger partial charge in [0.1, 0.15) is 0 Å². The Morgan fingerprint density at radius 2 is 1.75 bits per heavy atom. The summed E-state index contributed by atoms with van der Waals surface area (Å²) in [5.74, 6) is 0. The maximum atomic E-state index is 4.72. The second-order valence-electron chi connectivity index (χ2n) is 1.31. The molecule has 0 unspecified atom stereocenters. The summed E-state index contributed by atoms with van der Waals surface area (Å²) in [6.07, 6.45) is 0. The zero-order valence-electron chi connectivity index (χ0n) is 4.10. The molecule has 0 saturated heterocycles. The Balaban J connectivity index is 2.99. The zero-order chi connectivity index (χ0) is 5.82. The number of benzene rings is 1. The second-order valence-corrected chi connectivity index (χ2v) is 2.56. The molecule has 2 heteroatoms. The van der Waals surface area contributed by atoms with Gasteiger partial charge in [-0.3, -0.25) is 0 Å². The first-order chi connectivity index (χ1) is 3.93. The Labute approximate surface area is 58.9 Å². The van der Waals surface area contributed by atoms with Gasteiger partial charge < -0.3 is 0 Å². The molecule has 0 aliphatic heterocycles. The molecule has 1 aromatic carbocycles. The van der Waals surface area contributed by atoms with E-state index in [2.05, 4.69) is 0 Å². The van der Waals surface area contributed by atoms with Crippen molar-refractivity contribution in [3.05, 3.63) is 30.3 Å². The number of hydrogen-bond acceptors (Lipinski definition) is 1. The first kappa shape index (κ1) is 6.09. The molecule has 0 N–H and O–H groups in total. The Bertz CT molecular complexity index is 171. The standard InChI is InChI=1S/C6H5.Cu.S/c1-2-4-6-5-3-1;;/h1-5H;;. The maximum absolute atomic E-state index is 4.72. The van der Waals surface area contributed by atoms with Gasteiger partial charge in [-0.05, 0) is 0 Å². The molecule has 0 atom stereocenters. The molecule has 0 heterocycles. The second kappa shape index (κ2) is 3.08. The summed E-state index contributed by atoms with van der Waals surface area (Å²) in [6.45, 7) is 0. The van der Waals surface area contributed by atoms with Gasteiger partial charge in [-0.2, -0.15) is 0 Å². The van der Waals surface area contributed by atoms with Gasteiger partial charge in [-0.25, -0.2) is 0 Å². The minimum atomic E-state index is 1.13. The van der Waals surface area contributed by atoms with E-state index in [0.29, 0.717) is 0 Å². The fourth-order valence-corrected chi connectivity index (χ4v) is 1.09. The van der Waals surface area contributed by atoms with Crippen molar-refractivity contribution in [2.45, 2.75) is 0 Å². The van der Waals surface area contributed by atoms with Crippen molar-refractivity contribution in [2.75, 3.05) is 0 Å². The van der Waals surface area contributed by atoms with Gasteiger partial charge in [0.05, 0.1) is 0 Å². The number of hydrogen-bond donors (Lipinski definition) is 0. The SMILES string of the molecule is [S]=[Cu][c]1ccccc1. The summed E-state index contributed by atoms with van der Waals surface area (Å²) in [5, 5.41) is 0. The minimum absolute atomic E-state index is 1.13. The van der Waals surface area contributed by atoms with Crippen LogP contribution in [0.3, 0.4) is 0 Å². The van der Waals surface area contributed by atoms with Crippen LogP contribution in [0, 0.1) is 0 Å². The van der Waals surface area contributed by atoms with Gasteiger partial charge in [0.25, 0.3) is 0 Å². The van der Waals surface area contributed by atoms with Crippen molar-refractivity contribution < 1.29 is 13.3 Å². The predicted octanol–water partition coefficient (Wildman–Crippen LogP) is 1.51. The first-order valence-corrected chi connectivity index (χ1v) is 4.05. The van der Waals surface area contributed by atoms with Crippen LogP contribution in [0.4, 0.5) is 0 Å². The van der Waals surface area contributed by atoms with Crippen LogP contribution in [0.5, 0.6) is 0 Å². The van der Waals surface area contributed by atoms with E-state index in [1.54, 1.807) is 0 Å². The molecule has 1 aromatic rings. The Morgan fingerprint density at radius 1 is 1.12 bits per heavy atom. The van der Waals surface area contributed by atoms with Crippen LogP contribution in [0.1, 0.15) is 0 Å². The van der Waals surface area contributed by atoms with Gasteiger partial charge in [-0.15, -0.1) is 0 Å². The van der Waals surface area contributed by atoms with Crippen LogP contribution in [0.15, 0.2) is 30.3 Å². The molecule has 0 aliphatic rings. The summed E-state index contributed by atoms with van der Waals surface area (Å²) in [4.78, 5) is 0. The molecule has 46 valence electrons. The third-order valence-electron chi connectivity index (χ3n) is 0.779. The van der Waals surface area contributed by atoms with Crippen LogP contribution >= 0.6 is 10.6 Å². The van der Waals surface area contributed by atoms with E-state index in [9.17, 15) is 0 Å². The fraction of sp³-hybridized carbons (Fsp3) is 0. The van der Waals surface area contributed by atoms with Crippen LogP contribution in [0.2, 0.25) is 0 Å². The van der Waals surface area contributed by atoms with E-state index in [1.807, 2.05) is 30.3 Å². The molecule has 0 aromatic heterocycles. The molecule has 0 fully saturated rings. The van der Waals surface area contributed by atoms with Gasteiger partial charge in [0.2, 0.25) is 0 Å². The molecular weight excluding hydrogens is 168 g/mol. The topological polar surface area (TPSA) is 0 Å². The quantitative estimate of drug-likeness (QED) is 0.579. The Hall–Kier alpha value is -0.0405. The van der Waals surface area contributed by atoms with Gasteiger partial charge >= 0.3 is 58.7 Å². The van der Waals surface area contributed by atoms with Gasteiger partial charge in [0.15, 0.2) is 0 Å². The summed E-state index contributed by atoms with van der Waals surface area (Å²) >= 11 is 1.43. The van der Waals surface area contributed by atoms with Crippen molar-refractivity contribution in [1.82, 2.24) is 0 Å². The van der Waals surface area contributed by atoms with Crippen molar-refractivity contribution >= 4 is 15.0 Å². The van der Waals surface area contributed by atoms with Crippen LogP contribution in [0.25, 0.3) is 0 Å². The summed E-state index contributed by atoms with van der Waals surface area (Å²) < 4.78 is 1.13. The van der Waals surface area contributed by atoms with E-state index >= 15 is 0 Å². The first-order valence-electron chi connectivity index (χ1n) is 2.18. The van der Waals surface area contributed by atoms with Crippen LogP contribution < -0.4 is 4.46 Å². The normalized spacial score (nSPS) is 9.50. The molecule has 1 rings (SSSR count). The molecule has 0 saturated carbocycles. The summed E-state index contributed by atoms with van der Waals surface area (Å²) in [6, 6.07) is 9.92. The van der Waals surface area contributed by atoms with Gasteiger partial charge in [-0.1, -0.05) is 0 Å². The van der Waals surface area contributed by atoms with E-state index < -0.39 is 0 Å². The van der Waals surface area contributed by atoms with E-state index in [-0.39, 0.29) is 0 Å². The van der Waals surface area contributed by atoms with E-state index in [0.717, 1.165) is 4.46 Å². The molecule has 0 nitrogen and oxygen atoms in total. The molecule has 8 heavy (non-hydrogen) atoms. The molecule has 0 spiro atoms. The number of rotatable bonds is 1. The molecule has 0 amide bonds. The average Bonchev–Trinajstić information content (AvgIpc) is 1.90. The van der Waals surface area contributed by atoms with Gasteiger partial charge in [0, 0.05) is 0 Å². The molecular formula is C6H5CuS. The van der Waals surface area contributed by atoms with Crippen LogP contribution in [-0.2, 0) is 13.3 Å². The van der Waals surface area contributed by atoms with Crippen LogP contribution in [-0.4, -0.2) is 0 Å². The van der Waals surface area contributed by atoms with E-state index in [4.69, 9.17) is 10.6 Å². The molecule has 0 aliphatic carbocycles. The van der Waals surface area contributed by atoms with Crippen molar-refractivity contribution in [2.24, 2.45) is 0 Å². The van der Waals surface area contributed by atoms with Crippen molar-refractivity contribution in [1.29, 1.82) is 0 Å². The fourth-order valence-electron chi connectivity index (χ4n) is 0.441. The summed E-state index contributed by atoms with van der Waals surface area (Å²) in [7, 11) is 4.72. The monoisotopic (exact) mass is 172 g/mol. The van der Waals surface area contributed by atoms with Crippen molar-refractivity contribution in [3.63, 3.8) is 0 Å². The zero-order valence-corrected chi connectivity index (χ0v) is 5.85. The Morgan fingerprint density at radius 3 is 2.12 bits per heavy atom. The molecule has 0 radical (unpaired) electrons. The molecule has 0 bridgehead atoms. The van der Waals surface area contributed by atoms with Crippen molar-refractivity contribution in [3.8, 4) is 0 Å². The third kappa shape index (κ3) is 1.48. The van der Waals surface area contributed by atoms with E-state index in [1.165, 1.54) is 13.3 Å². The Kier molecular flexibility index (Phi) is 2.34. The summed E-state index contributed by atoms with van der Waals surface area (Å²) in [5.41, 5.74) is 0. The third-order valence-corrected chi connectivity index (χ3v) is 1.90.